The second-order valence-corrected chi connectivity index (χ2v) is 9.83. The van der Waals surface area contributed by atoms with E-state index in [-0.39, 0.29) is 17.7 Å². The largest absolute Gasteiger partial charge is 0.492 e. The molecule has 6 nitrogen and oxygen atoms in total. The number of benzene rings is 2. The molecule has 1 saturated heterocycles. The number of aromatic nitrogens is 2. The van der Waals surface area contributed by atoms with Crippen LogP contribution in [0.25, 0.3) is 10.9 Å². The Bertz CT molecular complexity index is 1270. The summed E-state index contributed by atoms with van der Waals surface area (Å²) >= 11 is 0. The highest BCUT2D eigenvalue weighted by Gasteiger charge is 2.32. The van der Waals surface area contributed by atoms with Crippen LogP contribution in [0.5, 0.6) is 5.75 Å². The smallest absolute Gasteiger partial charge is 0.224 e. The highest BCUT2D eigenvalue weighted by Crippen LogP contribution is 2.25. The van der Waals surface area contributed by atoms with Gasteiger partial charge in [0.1, 0.15) is 5.75 Å². The van der Waals surface area contributed by atoms with Crippen LogP contribution in [0.4, 0.5) is 0 Å². The number of amides is 1. The lowest BCUT2D eigenvalue weighted by molar-refractivity contribution is -0.127. The van der Waals surface area contributed by atoms with Crippen LogP contribution < -0.4 is 10.1 Å². The molecule has 4 aromatic rings. The zero-order chi connectivity index (χ0) is 24.7. The molecule has 5 rings (SSSR count). The number of fused-ring (bicyclic) bond motifs is 1. The first-order chi connectivity index (χ1) is 17.6. The Kier molecular flexibility index (Phi) is 7.62. The van der Waals surface area contributed by atoms with Crippen molar-refractivity contribution in [3.8, 4) is 5.75 Å². The third-order valence-corrected chi connectivity index (χ3v) is 6.97. The zero-order valence-corrected chi connectivity index (χ0v) is 20.8. The highest BCUT2D eigenvalue weighted by molar-refractivity contribution is 5.83. The van der Waals surface area contributed by atoms with Gasteiger partial charge in [0.2, 0.25) is 5.91 Å². The first-order valence-corrected chi connectivity index (χ1v) is 12.8. The number of aromatic amines is 1. The lowest BCUT2D eigenvalue weighted by Gasteiger charge is -2.37. The van der Waals surface area contributed by atoms with Crippen molar-refractivity contribution in [2.24, 2.45) is 11.8 Å². The van der Waals surface area contributed by atoms with Gasteiger partial charge in [0.15, 0.2) is 0 Å². The first kappa shape index (κ1) is 24.1. The van der Waals surface area contributed by atoms with Crippen molar-refractivity contribution in [3.63, 3.8) is 0 Å². The molecule has 0 aliphatic carbocycles. The Morgan fingerprint density at radius 3 is 2.75 bits per heavy atom. The van der Waals surface area contributed by atoms with Crippen LogP contribution in [-0.4, -0.2) is 47.0 Å². The fraction of sp³-hybridized carbons (Fsp3) is 0.333. The van der Waals surface area contributed by atoms with Gasteiger partial charge in [0.05, 0.1) is 18.7 Å². The van der Waals surface area contributed by atoms with Crippen LogP contribution in [0, 0.1) is 18.8 Å². The van der Waals surface area contributed by atoms with Crippen molar-refractivity contribution in [1.82, 2.24) is 20.2 Å². The predicted octanol–water partition coefficient (Wildman–Crippen LogP) is 4.75. The number of para-hydroxylation sites is 1. The molecule has 0 radical (unpaired) electrons. The fourth-order valence-corrected chi connectivity index (χ4v) is 5.14. The molecule has 2 aromatic carbocycles. The Balaban J connectivity index is 1.20. The predicted molar refractivity (Wildman–Crippen MR) is 143 cm³/mol. The topological polar surface area (TPSA) is 70.2 Å². The number of aryl methyl sites for hydroxylation is 1. The normalized spacial score (nSPS) is 18.2. The van der Waals surface area contributed by atoms with Gasteiger partial charge >= 0.3 is 0 Å². The van der Waals surface area contributed by atoms with Gasteiger partial charge in [-0.3, -0.25) is 14.7 Å². The van der Waals surface area contributed by atoms with E-state index in [1.165, 1.54) is 16.5 Å². The Morgan fingerprint density at radius 1 is 1.08 bits per heavy atom. The standard InChI is InChI=1S/C30H34N4O2/c1-22-11-12-27(17-32-22)36-21-24-15-26(20-34(19-24)18-23-7-3-2-4-8-23)30(35)31-14-13-25-16-33-29-10-6-5-9-28(25)29/h2-12,16-17,24,26,33H,13-15,18-21H2,1H3,(H,31,35)/t24-,26+/m0/s1. The molecule has 6 heteroatoms. The van der Waals surface area contributed by atoms with E-state index in [9.17, 15) is 4.79 Å². The molecule has 2 atom stereocenters. The van der Waals surface area contributed by atoms with Gasteiger partial charge < -0.3 is 15.0 Å². The third kappa shape index (κ3) is 6.13. The van der Waals surface area contributed by atoms with Crippen LogP contribution in [0.3, 0.4) is 0 Å². The quantitative estimate of drug-likeness (QED) is 0.361. The van der Waals surface area contributed by atoms with Crippen LogP contribution in [0.15, 0.2) is 79.1 Å². The van der Waals surface area contributed by atoms with E-state index in [0.717, 1.165) is 49.4 Å². The Morgan fingerprint density at radius 2 is 1.92 bits per heavy atom. The summed E-state index contributed by atoms with van der Waals surface area (Å²) in [4.78, 5) is 23.3. The molecule has 0 bridgehead atoms. The number of ether oxygens (including phenoxy) is 1. The van der Waals surface area contributed by atoms with E-state index in [2.05, 4.69) is 62.6 Å². The van der Waals surface area contributed by atoms with Crippen molar-refractivity contribution in [2.45, 2.75) is 26.3 Å². The molecule has 36 heavy (non-hydrogen) atoms. The Hall–Kier alpha value is -3.64. The maximum atomic E-state index is 13.2. The van der Waals surface area contributed by atoms with E-state index in [1.807, 2.05) is 37.4 Å². The molecule has 0 unspecified atom stereocenters. The highest BCUT2D eigenvalue weighted by atomic mass is 16.5. The van der Waals surface area contributed by atoms with Crippen molar-refractivity contribution < 1.29 is 9.53 Å². The third-order valence-electron chi connectivity index (χ3n) is 6.97. The monoisotopic (exact) mass is 482 g/mol. The van der Waals surface area contributed by atoms with E-state index >= 15 is 0 Å². The average Bonchev–Trinajstić information content (AvgIpc) is 3.32. The summed E-state index contributed by atoms with van der Waals surface area (Å²) in [5.74, 6) is 1.12. The molecule has 3 heterocycles. The zero-order valence-electron chi connectivity index (χ0n) is 20.8. The summed E-state index contributed by atoms with van der Waals surface area (Å²) in [5, 5.41) is 4.43. The number of H-pyrrole nitrogens is 1. The number of rotatable bonds is 9. The number of nitrogens with one attached hydrogen (secondary N) is 2. The molecular formula is C30H34N4O2. The van der Waals surface area contributed by atoms with Crippen LogP contribution in [0.1, 0.15) is 23.2 Å². The molecule has 0 saturated carbocycles. The number of carbonyl (C=O) groups excluding carboxylic acids is 1. The summed E-state index contributed by atoms with van der Waals surface area (Å²) in [6.07, 6.45) is 5.45. The average molecular weight is 483 g/mol. The molecular weight excluding hydrogens is 448 g/mol. The lowest BCUT2D eigenvalue weighted by Crippen LogP contribution is -2.47. The number of hydrogen-bond donors (Lipinski definition) is 2. The summed E-state index contributed by atoms with van der Waals surface area (Å²) in [6.45, 7) is 5.68. The second-order valence-electron chi connectivity index (χ2n) is 9.83. The molecule has 1 aliphatic rings. The number of carbonyl (C=O) groups is 1. The maximum Gasteiger partial charge on any atom is 0.224 e. The molecule has 2 N–H and O–H groups in total. The number of hydrogen-bond acceptors (Lipinski definition) is 4. The second kappa shape index (κ2) is 11.4. The number of pyridine rings is 1. The van der Waals surface area contributed by atoms with Crippen molar-refractivity contribution in [1.29, 1.82) is 0 Å². The van der Waals surface area contributed by atoms with Gasteiger partial charge in [-0.1, -0.05) is 48.5 Å². The maximum absolute atomic E-state index is 13.2. The van der Waals surface area contributed by atoms with Gasteiger partial charge in [-0.15, -0.1) is 0 Å². The van der Waals surface area contributed by atoms with Gasteiger partial charge in [-0.2, -0.15) is 0 Å². The fourth-order valence-electron chi connectivity index (χ4n) is 5.14. The molecule has 1 amide bonds. The van der Waals surface area contributed by atoms with Crippen LogP contribution in [0.2, 0.25) is 0 Å². The minimum Gasteiger partial charge on any atom is -0.492 e. The number of nitrogens with zero attached hydrogens (tertiary/aromatic N) is 2. The number of likely N-dealkylation sites (tertiary alicyclic amines) is 1. The van der Waals surface area contributed by atoms with Crippen LogP contribution >= 0.6 is 0 Å². The van der Waals surface area contributed by atoms with Gasteiger partial charge in [-0.05, 0) is 49.1 Å². The SMILES string of the molecule is Cc1ccc(OC[C@H]2C[C@@H](C(=O)NCCc3c[nH]c4ccccc34)CN(Cc3ccccc3)C2)cn1. The van der Waals surface area contributed by atoms with Crippen LogP contribution in [-0.2, 0) is 17.8 Å². The minimum atomic E-state index is -0.0600. The summed E-state index contributed by atoms with van der Waals surface area (Å²) in [6, 6.07) is 22.7. The van der Waals surface area contributed by atoms with E-state index in [0.29, 0.717) is 13.2 Å². The number of piperidine rings is 1. The summed E-state index contributed by atoms with van der Waals surface area (Å²) in [5.41, 5.74) is 4.60. The molecule has 0 spiro atoms. The summed E-state index contributed by atoms with van der Waals surface area (Å²) < 4.78 is 6.07. The van der Waals surface area contributed by atoms with Crippen molar-refractivity contribution in [2.75, 3.05) is 26.2 Å². The molecule has 1 fully saturated rings. The molecule has 186 valence electrons. The van der Waals surface area contributed by atoms with Gasteiger partial charge in [-0.25, -0.2) is 0 Å². The van der Waals surface area contributed by atoms with E-state index < -0.39 is 0 Å². The minimum absolute atomic E-state index is 0.0600. The first-order valence-electron chi connectivity index (χ1n) is 12.8. The summed E-state index contributed by atoms with van der Waals surface area (Å²) in [7, 11) is 0. The molecule has 2 aromatic heterocycles. The van der Waals surface area contributed by atoms with E-state index in [4.69, 9.17) is 4.74 Å². The van der Waals surface area contributed by atoms with Gasteiger partial charge in [0, 0.05) is 54.9 Å². The molecule has 1 aliphatic heterocycles. The van der Waals surface area contributed by atoms with Crippen molar-refractivity contribution >= 4 is 16.8 Å². The lowest BCUT2D eigenvalue weighted by atomic mass is 9.88. The Labute approximate surface area is 212 Å². The van der Waals surface area contributed by atoms with Crippen molar-refractivity contribution in [3.05, 3.63) is 95.9 Å². The van der Waals surface area contributed by atoms with E-state index in [1.54, 1.807) is 6.20 Å². The van der Waals surface area contributed by atoms with Gasteiger partial charge in [0.25, 0.3) is 0 Å².